The van der Waals surface area contributed by atoms with Crippen LogP contribution in [0.2, 0.25) is 0 Å². The molecule has 1 N–H and O–H groups in total. The Balaban J connectivity index is 1.53. The van der Waals surface area contributed by atoms with Crippen LogP contribution in [0.3, 0.4) is 0 Å². The number of carbonyl (C=O) groups is 1. The van der Waals surface area contributed by atoms with E-state index in [1.54, 1.807) is 23.6 Å². The molecule has 0 bridgehead atoms. The third-order valence-corrected chi connectivity index (χ3v) is 5.59. The molecular formula is C18H20FN3O2S. The van der Waals surface area contributed by atoms with Crippen LogP contribution < -0.4 is 15.0 Å². The molecule has 1 aromatic carbocycles. The Morgan fingerprint density at radius 2 is 2.28 bits per heavy atom. The number of nitrogens with zero attached hydrogens (tertiary/aromatic N) is 2. The Kier molecular flexibility index (Phi) is 4.57. The highest BCUT2D eigenvalue weighted by atomic mass is 32.1. The Bertz CT molecular complexity index is 753. The smallest absolute Gasteiger partial charge is 0.243 e. The van der Waals surface area contributed by atoms with Crippen LogP contribution >= 0.6 is 11.3 Å². The number of benzene rings is 1. The zero-order valence-electron chi connectivity index (χ0n) is 13.8. The minimum absolute atomic E-state index is 0.0187. The molecule has 4 rings (SSSR count). The predicted octanol–water partition coefficient (Wildman–Crippen LogP) is 3.28. The predicted molar refractivity (Wildman–Crippen MR) is 94.5 cm³/mol. The Morgan fingerprint density at radius 1 is 1.36 bits per heavy atom. The van der Waals surface area contributed by atoms with Gasteiger partial charge in [-0.15, -0.1) is 11.3 Å². The van der Waals surface area contributed by atoms with E-state index in [1.807, 2.05) is 5.38 Å². The Hall–Kier alpha value is -2.15. The summed E-state index contributed by atoms with van der Waals surface area (Å²) in [7, 11) is 0. The van der Waals surface area contributed by atoms with Crippen LogP contribution in [-0.4, -0.2) is 30.1 Å². The zero-order chi connectivity index (χ0) is 17.2. The van der Waals surface area contributed by atoms with Crippen molar-refractivity contribution in [2.75, 3.05) is 18.1 Å². The largest absolute Gasteiger partial charge is 0.493 e. The number of amides is 1. The van der Waals surface area contributed by atoms with Crippen LogP contribution in [0, 0.1) is 5.82 Å². The van der Waals surface area contributed by atoms with Crippen LogP contribution in [0.15, 0.2) is 29.8 Å². The summed E-state index contributed by atoms with van der Waals surface area (Å²) >= 11 is 1.55. The van der Waals surface area contributed by atoms with Gasteiger partial charge in [-0.05, 0) is 43.9 Å². The third kappa shape index (κ3) is 3.33. The first kappa shape index (κ1) is 16.3. The maximum atomic E-state index is 13.7. The number of anilines is 1. The molecule has 1 amide bonds. The molecule has 1 aromatic heterocycles. The lowest BCUT2D eigenvalue weighted by Crippen LogP contribution is -2.44. The van der Waals surface area contributed by atoms with Crippen LogP contribution in [0.25, 0.3) is 0 Å². The molecule has 3 heterocycles. The highest BCUT2D eigenvalue weighted by Gasteiger charge is 2.34. The van der Waals surface area contributed by atoms with Crippen LogP contribution in [-0.2, 0) is 4.79 Å². The van der Waals surface area contributed by atoms with Gasteiger partial charge in [0.05, 0.1) is 12.6 Å². The number of carbonyl (C=O) groups excluding carboxylic acids is 1. The van der Waals surface area contributed by atoms with Gasteiger partial charge >= 0.3 is 0 Å². The fourth-order valence-corrected chi connectivity index (χ4v) is 4.31. The Labute approximate surface area is 149 Å². The van der Waals surface area contributed by atoms with Gasteiger partial charge in [0.1, 0.15) is 17.6 Å². The molecule has 2 aliphatic heterocycles. The molecular weight excluding hydrogens is 341 g/mol. The van der Waals surface area contributed by atoms with E-state index in [-0.39, 0.29) is 23.8 Å². The van der Waals surface area contributed by atoms with Crippen molar-refractivity contribution in [3.05, 3.63) is 41.2 Å². The van der Waals surface area contributed by atoms with Gasteiger partial charge in [0, 0.05) is 23.7 Å². The van der Waals surface area contributed by atoms with E-state index in [9.17, 15) is 9.18 Å². The average Bonchev–Trinajstić information content (AvgIpc) is 3.26. The quantitative estimate of drug-likeness (QED) is 0.912. The molecule has 0 spiro atoms. The summed E-state index contributed by atoms with van der Waals surface area (Å²) in [6, 6.07) is 4.07. The van der Waals surface area contributed by atoms with Gasteiger partial charge in [0.15, 0.2) is 5.13 Å². The lowest BCUT2D eigenvalue weighted by atomic mass is 10.0. The van der Waals surface area contributed by atoms with Crippen molar-refractivity contribution in [1.29, 1.82) is 0 Å². The molecule has 5 nitrogen and oxygen atoms in total. The monoisotopic (exact) mass is 361 g/mol. The number of aromatic nitrogens is 1. The van der Waals surface area contributed by atoms with Crippen molar-refractivity contribution in [2.45, 2.75) is 37.8 Å². The second kappa shape index (κ2) is 7.00. The van der Waals surface area contributed by atoms with Crippen molar-refractivity contribution in [3.63, 3.8) is 0 Å². The fraction of sp³-hybridized carbons (Fsp3) is 0.444. The van der Waals surface area contributed by atoms with Crippen molar-refractivity contribution in [2.24, 2.45) is 0 Å². The summed E-state index contributed by atoms with van der Waals surface area (Å²) in [5.41, 5.74) is 0.727. The molecule has 7 heteroatoms. The number of thiazole rings is 1. The molecule has 2 aromatic rings. The van der Waals surface area contributed by atoms with E-state index >= 15 is 0 Å². The topological polar surface area (TPSA) is 54.5 Å². The van der Waals surface area contributed by atoms with E-state index in [4.69, 9.17) is 4.74 Å². The summed E-state index contributed by atoms with van der Waals surface area (Å²) in [6.45, 7) is 1.42. The number of ether oxygens (including phenoxy) is 1. The van der Waals surface area contributed by atoms with Crippen molar-refractivity contribution >= 4 is 22.4 Å². The second-order valence-electron chi connectivity index (χ2n) is 6.40. The van der Waals surface area contributed by atoms with Crippen molar-refractivity contribution in [1.82, 2.24) is 10.3 Å². The minimum Gasteiger partial charge on any atom is -0.493 e. The normalized spacial score (nSPS) is 22.8. The summed E-state index contributed by atoms with van der Waals surface area (Å²) in [4.78, 5) is 19.3. The van der Waals surface area contributed by atoms with Gasteiger partial charge in [0.25, 0.3) is 0 Å². The highest BCUT2D eigenvalue weighted by molar-refractivity contribution is 7.13. The molecule has 0 aliphatic carbocycles. The molecule has 2 atom stereocenters. The maximum absolute atomic E-state index is 13.7. The van der Waals surface area contributed by atoms with Gasteiger partial charge in [-0.2, -0.15) is 0 Å². The molecule has 0 saturated carbocycles. The highest BCUT2D eigenvalue weighted by Crippen LogP contribution is 2.33. The second-order valence-corrected chi connectivity index (χ2v) is 7.27. The summed E-state index contributed by atoms with van der Waals surface area (Å²) in [5, 5.41) is 5.93. The van der Waals surface area contributed by atoms with E-state index in [2.05, 4.69) is 15.2 Å². The molecule has 25 heavy (non-hydrogen) atoms. The lowest BCUT2D eigenvalue weighted by molar-refractivity contribution is -0.123. The molecule has 0 radical (unpaired) electrons. The number of nitrogens with one attached hydrogen (secondary N) is 1. The first-order chi connectivity index (χ1) is 12.2. The number of halogens is 1. The van der Waals surface area contributed by atoms with E-state index in [1.165, 1.54) is 12.1 Å². The van der Waals surface area contributed by atoms with E-state index in [0.29, 0.717) is 12.4 Å². The van der Waals surface area contributed by atoms with Gasteiger partial charge in [-0.3, -0.25) is 4.79 Å². The van der Waals surface area contributed by atoms with Gasteiger partial charge < -0.3 is 15.0 Å². The van der Waals surface area contributed by atoms with Crippen molar-refractivity contribution < 1.29 is 13.9 Å². The first-order valence-electron chi connectivity index (χ1n) is 8.61. The fourth-order valence-electron chi connectivity index (χ4n) is 3.59. The Morgan fingerprint density at radius 3 is 3.12 bits per heavy atom. The summed E-state index contributed by atoms with van der Waals surface area (Å²) in [6.07, 6.45) is 5.10. The molecule has 0 unspecified atom stereocenters. The van der Waals surface area contributed by atoms with Gasteiger partial charge in [-0.25, -0.2) is 9.37 Å². The minimum atomic E-state index is -0.311. The van der Waals surface area contributed by atoms with Crippen molar-refractivity contribution in [3.8, 4) is 5.75 Å². The summed E-state index contributed by atoms with van der Waals surface area (Å²) in [5.74, 6) is 0.330. The molecule has 2 aliphatic rings. The standard InChI is InChI=1S/C18H20FN3O2S/c19-12-5-6-16-13(11-12)14(3-2-9-24-16)21-17(23)15-4-1-8-22(15)18-20-7-10-25-18/h5-7,10-11,14-15H,1-4,8-9H2,(H,21,23)/t14-,15-/m1/s1. The number of hydrogen-bond acceptors (Lipinski definition) is 5. The molecule has 1 saturated heterocycles. The lowest BCUT2D eigenvalue weighted by Gasteiger charge is -2.26. The third-order valence-electron chi connectivity index (χ3n) is 4.78. The van der Waals surface area contributed by atoms with E-state index < -0.39 is 0 Å². The maximum Gasteiger partial charge on any atom is 0.243 e. The van der Waals surface area contributed by atoms with Crippen LogP contribution in [0.4, 0.5) is 9.52 Å². The average molecular weight is 361 g/mol. The molecule has 132 valence electrons. The summed E-state index contributed by atoms with van der Waals surface area (Å²) < 4.78 is 19.4. The van der Waals surface area contributed by atoms with Crippen LogP contribution in [0.5, 0.6) is 5.75 Å². The molecule has 1 fully saturated rings. The van der Waals surface area contributed by atoms with Crippen LogP contribution in [0.1, 0.15) is 37.3 Å². The van der Waals surface area contributed by atoms with Gasteiger partial charge in [-0.1, -0.05) is 0 Å². The number of rotatable bonds is 3. The number of hydrogen-bond donors (Lipinski definition) is 1. The SMILES string of the molecule is O=C(N[C@@H]1CCCOc2ccc(F)cc21)[C@H]1CCCN1c1nccs1. The van der Waals surface area contributed by atoms with Gasteiger partial charge in [0.2, 0.25) is 5.91 Å². The van der Waals surface area contributed by atoms with E-state index in [0.717, 1.165) is 42.9 Å². The zero-order valence-corrected chi connectivity index (χ0v) is 14.6. The first-order valence-corrected chi connectivity index (χ1v) is 9.49. The number of fused-ring (bicyclic) bond motifs is 1.